The Labute approximate surface area is 239 Å². The van der Waals surface area contributed by atoms with Crippen LogP contribution in [-0.4, -0.2) is 98.8 Å². The van der Waals surface area contributed by atoms with E-state index < -0.39 is 79.2 Å². The third kappa shape index (κ3) is 12.5. The van der Waals surface area contributed by atoms with Crippen molar-refractivity contribution in [3.05, 3.63) is 35.9 Å². The standard InChI is InChI=1S/C27H45N5O9/c1-15(2)12-19(31-25(39)17(29)10-6-7-11-28)26(40)32-20(14-33)22(36)23(37)24(38)27(41)30-18(13-21(34)35)16-8-4-3-5-9-16/h3-5,8-9,15,17-20,22-24,33,36-38H,6-7,10-14,28-29H2,1-2H3,(H,30,41)(H,31,39)(H,32,40)(H,34,35)/t17-,18-,19-,20-,22+,23+,24-/m0/s1. The number of nitrogens with one attached hydrogen (secondary N) is 3. The van der Waals surface area contributed by atoms with E-state index in [0.29, 0.717) is 31.4 Å². The molecule has 0 aromatic heterocycles. The number of carbonyl (C=O) groups excluding carboxylic acids is 3. The zero-order valence-electron chi connectivity index (χ0n) is 23.5. The van der Waals surface area contributed by atoms with Crippen LogP contribution in [0.25, 0.3) is 0 Å². The highest BCUT2D eigenvalue weighted by molar-refractivity contribution is 5.90. The minimum atomic E-state index is -2.24. The number of rotatable bonds is 19. The van der Waals surface area contributed by atoms with E-state index in [1.807, 2.05) is 13.8 Å². The van der Waals surface area contributed by atoms with Gasteiger partial charge in [0.2, 0.25) is 11.8 Å². The molecule has 41 heavy (non-hydrogen) atoms. The van der Waals surface area contributed by atoms with Crippen molar-refractivity contribution in [2.45, 2.75) is 88.4 Å². The molecule has 0 spiro atoms. The van der Waals surface area contributed by atoms with Gasteiger partial charge in [-0.1, -0.05) is 50.6 Å². The van der Waals surface area contributed by atoms with Crippen molar-refractivity contribution in [1.29, 1.82) is 0 Å². The van der Waals surface area contributed by atoms with Gasteiger partial charge in [-0.3, -0.25) is 19.2 Å². The van der Waals surface area contributed by atoms with Crippen LogP contribution in [0.2, 0.25) is 0 Å². The fourth-order valence-corrected chi connectivity index (χ4v) is 4.09. The van der Waals surface area contributed by atoms with Crippen molar-refractivity contribution in [2.24, 2.45) is 17.4 Å². The van der Waals surface area contributed by atoms with Gasteiger partial charge in [-0.15, -0.1) is 0 Å². The van der Waals surface area contributed by atoms with Crippen LogP contribution in [-0.2, 0) is 19.2 Å². The molecule has 3 amide bonds. The van der Waals surface area contributed by atoms with E-state index in [9.17, 15) is 44.7 Å². The summed E-state index contributed by atoms with van der Waals surface area (Å²) in [6, 6.07) is 3.55. The fourth-order valence-electron chi connectivity index (χ4n) is 4.09. The summed E-state index contributed by atoms with van der Waals surface area (Å²) in [5.74, 6) is -3.79. The lowest BCUT2D eigenvalue weighted by atomic mass is 9.98. The predicted octanol–water partition coefficient (Wildman–Crippen LogP) is -2.13. The maximum Gasteiger partial charge on any atom is 0.305 e. The topological polar surface area (TPSA) is 258 Å². The summed E-state index contributed by atoms with van der Waals surface area (Å²) < 4.78 is 0. The van der Waals surface area contributed by atoms with Crippen molar-refractivity contribution >= 4 is 23.7 Å². The maximum atomic E-state index is 13.0. The average molecular weight is 584 g/mol. The molecule has 1 rings (SSSR count). The Morgan fingerprint density at radius 3 is 2.05 bits per heavy atom. The van der Waals surface area contributed by atoms with Crippen LogP contribution in [0.15, 0.2) is 30.3 Å². The molecule has 14 heteroatoms. The molecular formula is C27H45N5O9. The fraction of sp³-hybridized carbons (Fsp3) is 0.630. The van der Waals surface area contributed by atoms with Gasteiger partial charge in [0.1, 0.15) is 18.2 Å². The van der Waals surface area contributed by atoms with E-state index in [4.69, 9.17) is 11.5 Å². The highest BCUT2D eigenvalue weighted by Crippen LogP contribution is 2.18. The van der Waals surface area contributed by atoms with E-state index in [2.05, 4.69) is 16.0 Å². The molecule has 0 bridgehead atoms. The Balaban J connectivity index is 2.91. The van der Waals surface area contributed by atoms with Crippen LogP contribution in [0.5, 0.6) is 0 Å². The maximum absolute atomic E-state index is 13.0. The van der Waals surface area contributed by atoms with E-state index in [-0.39, 0.29) is 12.3 Å². The Bertz CT molecular complexity index is 966. The van der Waals surface area contributed by atoms with Crippen molar-refractivity contribution in [3.8, 4) is 0 Å². The van der Waals surface area contributed by atoms with E-state index >= 15 is 0 Å². The number of aliphatic hydroxyl groups is 4. The molecule has 0 unspecified atom stereocenters. The number of nitrogens with two attached hydrogens (primary N) is 2. The molecular weight excluding hydrogens is 538 g/mol. The molecule has 7 atom stereocenters. The number of unbranched alkanes of at least 4 members (excludes halogenated alkanes) is 1. The Hall–Kier alpha value is -3.14. The molecule has 0 heterocycles. The molecule has 0 fully saturated rings. The number of hydrogen-bond donors (Lipinski definition) is 10. The van der Waals surface area contributed by atoms with Gasteiger partial charge in [0.05, 0.1) is 31.2 Å². The summed E-state index contributed by atoms with van der Waals surface area (Å²) in [7, 11) is 0. The molecule has 0 saturated carbocycles. The second kappa shape index (κ2) is 18.3. The third-order valence-corrected chi connectivity index (χ3v) is 6.42. The summed E-state index contributed by atoms with van der Waals surface area (Å²) in [4.78, 5) is 49.5. The third-order valence-electron chi connectivity index (χ3n) is 6.42. The van der Waals surface area contributed by atoms with Gasteiger partial charge in [0.25, 0.3) is 5.91 Å². The van der Waals surface area contributed by atoms with Crippen molar-refractivity contribution in [2.75, 3.05) is 13.2 Å². The number of benzene rings is 1. The van der Waals surface area contributed by atoms with Crippen molar-refractivity contribution in [1.82, 2.24) is 16.0 Å². The number of amides is 3. The second-order valence-electron chi connectivity index (χ2n) is 10.4. The number of carboxylic acids is 1. The molecule has 14 nitrogen and oxygen atoms in total. The van der Waals surface area contributed by atoms with Gasteiger partial charge < -0.3 is 53.0 Å². The Kier molecular flexibility index (Phi) is 16.0. The lowest BCUT2D eigenvalue weighted by molar-refractivity contribution is -0.145. The lowest BCUT2D eigenvalue weighted by Gasteiger charge is -2.31. The summed E-state index contributed by atoms with van der Waals surface area (Å²) in [6.07, 6.45) is -5.09. The SMILES string of the molecule is CC(C)C[C@H](NC(=O)[C@@H](N)CCCCN)C(=O)N[C@@H](CO)[C@@H](O)[C@@H](O)[C@H](O)C(=O)N[C@@H](CC(=O)O)c1ccccc1. The lowest BCUT2D eigenvalue weighted by Crippen LogP contribution is -2.60. The zero-order valence-corrected chi connectivity index (χ0v) is 23.5. The van der Waals surface area contributed by atoms with E-state index in [1.165, 1.54) is 0 Å². The largest absolute Gasteiger partial charge is 0.481 e. The number of carbonyl (C=O) groups is 4. The van der Waals surface area contributed by atoms with E-state index in [0.717, 1.165) is 0 Å². The molecule has 232 valence electrons. The van der Waals surface area contributed by atoms with Gasteiger partial charge in [-0.25, -0.2) is 0 Å². The summed E-state index contributed by atoms with van der Waals surface area (Å²) in [5.41, 5.74) is 11.8. The van der Waals surface area contributed by atoms with E-state index in [1.54, 1.807) is 30.3 Å². The highest BCUT2D eigenvalue weighted by atomic mass is 16.4. The number of carboxylic acid groups (broad SMARTS) is 1. The first-order valence-corrected chi connectivity index (χ1v) is 13.6. The summed E-state index contributed by atoms with van der Waals surface area (Å²) in [5, 5.41) is 57.8. The molecule has 0 aliphatic rings. The Morgan fingerprint density at radius 2 is 1.51 bits per heavy atom. The molecule has 1 aromatic rings. The minimum absolute atomic E-state index is 0.0449. The van der Waals surface area contributed by atoms with Crippen LogP contribution >= 0.6 is 0 Å². The average Bonchev–Trinajstić information content (AvgIpc) is 2.93. The molecule has 1 aromatic carbocycles. The predicted molar refractivity (Wildman–Crippen MR) is 149 cm³/mol. The normalized spacial score (nSPS) is 16.5. The first-order chi connectivity index (χ1) is 19.3. The molecule has 0 saturated heterocycles. The van der Waals surface area contributed by atoms with Crippen LogP contribution in [0.4, 0.5) is 0 Å². The number of hydrogen-bond acceptors (Lipinski definition) is 10. The quantitative estimate of drug-likeness (QED) is 0.0786. The minimum Gasteiger partial charge on any atom is -0.481 e. The molecule has 0 radical (unpaired) electrons. The van der Waals surface area contributed by atoms with Gasteiger partial charge in [-0.2, -0.15) is 0 Å². The second-order valence-corrected chi connectivity index (χ2v) is 10.4. The van der Waals surface area contributed by atoms with Crippen LogP contribution < -0.4 is 27.4 Å². The van der Waals surface area contributed by atoms with Gasteiger partial charge in [0.15, 0.2) is 6.10 Å². The molecule has 0 aliphatic heterocycles. The smallest absolute Gasteiger partial charge is 0.305 e. The van der Waals surface area contributed by atoms with Gasteiger partial charge in [-0.05, 0) is 37.3 Å². The monoisotopic (exact) mass is 583 g/mol. The first-order valence-electron chi connectivity index (χ1n) is 13.6. The first kappa shape index (κ1) is 35.9. The molecule has 12 N–H and O–H groups in total. The zero-order chi connectivity index (χ0) is 31.1. The van der Waals surface area contributed by atoms with Crippen molar-refractivity contribution < 1.29 is 44.7 Å². The summed E-state index contributed by atoms with van der Waals surface area (Å²) in [6.45, 7) is 3.20. The van der Waals surface area contributed by atoms with Crippen molar-refractivity contribution in [3.63, 3.8) is 0 Å². The Morgan fingerprint density at radius 1 is 0.878 bits per heavy atom. The summed E-state index contributed by atoms with van der Waals surface area (Å²) >= 11 is 0. The van der Waals surface area contributed by atoms with Crippen LogP contribution in [0.3, 0.4) is 0 Å². The van der Waals surface area contributed by atoms with Crippen LogP contribution in [0.1, 0.15) is 57.6 Å². The van der Waals surface area contributed by atoms with Gasteiger partial charge in [0, 0.05) is 0 Å². The number of aliphatic carboxylic acids is 1. The van der Waals surface area contributed by atoms with Gasteiger partial charge >= 0.3 is 5.97 Å². The molecule has 0 aliphatic carbocycles. The number of aliphatic hydroxyl groups excluding tert-OH is 4. The highest BCUT2D eigenvalue weighted by Gasteiger charge is 2.37. The van der Waals surface area contributed by atoms with Crippen LogP contribution in [0, 0.1) is 5.92 Å².